The normalized spacial score (nSPS) is 14.6. The van der Waals surface area contributed by atoms with Crippen LogP contribution < -0.4 is 5.32 Å². The molecule has 5 rings (SSSR count). The van der Waals surface area contributed by atoms with Crippen molar-refractivity contribution in [1.82, 2.24) is 20.1 Å². The van der Waals surface area contributed by atoms with Gasteiger partial charge in [-0.1, -0.05) is 48.5 Å². The standard InChI is InChI=1S/C30H34N4O2S/c1-30(2,3)34-28(24-11-7-10-23(16-24)22-8-5-4-6-9-22)26(19-32-34)29-33-25(20-37-29)17-27(35)31-18-21-12-14-36-15-13-21/h4-11,16,19-21H,12-15,17-18H2,1-3H3,(H,31,35). The number of amides is 1. The maximum Gasteiger partial charge on any atom is 0.226 e. The summed E-state index contributed by atoms with van der Waals surface area (Å²) in [7, 11) is 0. The van der Waals surface area contributed by atoms with E-state index in [4.69, 9.17) is 14.8 Å². The Hall–Kier alpha value is -3.29. The summed E-state index contributed by atoms with van der Waals surface area (Å²) in [4.78, 5) is 17.5. The molecule has 0 spiro atoms. The average molecular weight is 515 g/mol. The molecule has 0 saturated carbocycles. The van der Waals surface area contributed by atoms with Gasteiger partial charge in [-0.25, -0.2) is 4.98 Å². The fourth-order valence-corrected chi connectivity index (χ4v) is 5.55. The van der Waals surface area contributed by atoms with Crippen LogP contribution in [0.25, 0.3) is 33.0 Å². The lowest BCUT2D eigenvalue weighted by Crippen LogP contribution is -2.33. The zero-order valence-electron chi connectivity index (χ0n) is 21.7. The first-order valence-electron chi connectivity index (χ1n) is 12.9. The fourth-order valence-electron chi connectivity index (χ4n) is 4.72. The summed E-state index contributed by atoms with van der Waals surface area (Å²) in [5.74, 6) is 0.519. The first-order valence-corrected chi connectivity index (χ1v) is 13.8. The highest BCUT2D eigenvalue weighted by molar-refractivity contribution is 7.13. The van der Waals surface area contributed by atoms with Gasteiger partial charge in [0.05, 0.1) is 35.1 Å². The molecule has 7 heteroatoms. The van der Waals surface area contributed by atoms with Crippen molar-refractivity contribution in [2.75, 3.05) is 19.8 Å². The van der Waals surface area contributed by atoms with Gasteiger partial charge in [0.1, 0.15) is 5.01 Å². The SMILES string of the molecule is CC(C)(C)n1ncc(-c2nc(CC(=O)NCC3CCOCC3)cs2)c1-c1cccc(-c2ccccc2)c1. The molecule has 4 aromatic rings. The van der Waals surface area contributed by atoms with E-state index in [9.17, 15) is 4.79 Å². The van der Waals surface area contributed by atoms with Crippen molar-refractivity contribution in [3.63, 3.8) is 0 Å². The van der Waals surface area contributed by atoms with Crippen LogP contribution in [0.4, 0.5) is 0 Å². The van der Waals surface area contributed by atoms with E-state index < -0.39 is 0 Å². The number of benzene rings is 2. The van der Waals surface area contributed by atoms with E-state index in [0.717, 1.165) is 59.1 Å². The Morgan fingerprint density at radius 1 is 1.05 bits per heavy atom. The van der Waals surface area contributed by atoms with Crippen molar-refractivity contribution in [2.24, 2.45) is 5.92 Å². The van der Waals surface area contributed by atoms with E-state index >= 15 is 0 Å². The van der Waals surface area contributed by atoms with E-state index in [1.165, 1.54) is 5.56 Å². The minimum Gasteiger partial charge on any atom is -0.381 e. The smallest absolute Gasteiger partial charge is 0.226 e. The highest BCUT2D eigenvalue weighted by atomic mass is 32.1. The largest absolute Gasteiger partial charge is 0.381 e. The Bertz CT molecular complexity index is 1350. The van der Waals surface area contributed by atoms with Gasteiger partial charge in [0.2, 0.25) is 5.91 Å². The number of nitrogens with one attached hydrogen (secondary N) is 1. The van der Waals surface area contributed by atoms with Crippen LogP contribution in [0.5, 0.6) is 0 Å². The summed E-state index contributed by atoms with van der Waals surface area (Å²) in [6.45, 7) is 8.75. The van der Waals surface area contributed by atoms with Gasteiger partial charge < -0.3 is 10.1 Å². The molecule has 192 valence electrons. The summed E-state index contributed by atoms with van der Waals surface area (Å²) >= 11 is 1.56. The number of carbonyl (C=O) groups is 1. The lowest BCUT2D eigenvalue weighted by molar-refractivity contribution is -0.120. The lowest BCUT2D eigenvalue weighted by atomic mass is 9.99. The van der Waals surface area contributed by atoms with Crippen LogP contribution in [-0.2, 0) is 21.5 Å². The molecule has 0 aliphatic carbocycles. The van der Waals surface area contributed by atoms with Crippen molar-refractivity contribution in [3.05, 3.63) is 71.9 Å². The lowest BCUT2D eigenvalue weighted by Gasteiger charge is -2.23. The van der Waals surface area contributed by atoms with Crippen molar-refractivity contribution >= 4 is 17.2 Å². The Kier molecular flexibility index (Phi) is 7.53. The van der Waals surface area contributed by atoms with Crippen LogP contribution in [0.3, 0.4) is 0 Å². The van der Waals surface area contributed by atoms with Crippen LogP contribution in [0.1, 0.15) is 39.3 Å². The molecule has 2 aromatic heterocycles. The zero-order chi connectivity index (χ0) is 25.8. The summed E-state index contributed by atoms with van der Waals surface area (Å²) in [5, 5.41) is 10.7. The van der Waals surface area contributed by atoms with E-state index in [0.29, 0.717) is 12.5 Å². The molecule has 1 saturated heterocycles. The van der Waals surface area contributed by atoms with Crippen molar-refractivity contribution in [1.29, 1.82) is 0 Å². The molecular formula is C30H34N4O2S. The van der Waals surface area contributed by atoms with Crippen molar-refractivity contribution in [3.8, 4) is 33.0 Å². The number of nitrogens with zero attached hydrogens (tertiary/aromatic N) is 3. The number of ether oxygens (including phenoxy) is 1. The molecule has 1 amide bonds. The summed E-state index contributed by atoms with van der Waals surface area (Å²) in [5.41, 5.74) is 6.03. The van der Waals surface area contributed by atoms with Gasteiger partial charge in [0.25, 0.3) is 0 Å². The third-order valence-corrected chi connectivity index (χ3v) is 7.62. The molecular weight excluding hydrogens is 480 g/mol. The fraction of sp³-hybridized carbons (Fsp3) is 0.367. The molecule has 1 fully saturated rings. The number of hydrogen-bond donors (Lipinski definition) is 1. The monoisotopic (exact) mass is 514 g/mol. The van der Waals surface area contributed by atoms with Crippen molar-refractivity contribution in [2.45, 2.75) is 45.6 Å². The van der Waals surface area contributed by atoms with Gasteiger partial charge in [0, 0.05) is 30.7 Å². The number of hydrogen-bond acceptors (Lipinski definition) is 5. The topological polar surface area (TPSA) is 69.0 Å². The Morgan fingerprint density at radius 2 is 1.78 bits per heavy atom. The molecule has 6 nitrogen and oxygen atoms in total. The van der Waals surface area contributed by atoms with Crippen LogP contribution in [0.15, 0.2) is 66.2 Å². The molecule has 0 unspecified atom stereocenters. The van der Waals surface area contributed by atoms with E-state index in [1.54, 1.807) is 11.3 Å². The van der Waals surface area contributed by atoms with Gasteiger partial charge in [-0.15, -0.1) is 11.3 Å². The third-order valence-electron chi connectivity index (χ3n) is 6.70. The Morgan fingerprint density at radius 3 is 2.54 bits per heavy atom. The molecule has 2 aromatic carbocycles. The Balaban J connectivity index is 1.40. The highest BCUT2D eigenvalue weighted by Gasteiger charge is 2.25. The third kappa shape index (κ3) is 6.00. The second-order valence-electron chi connectivity index (χ2n) is 10.6. The predicted molar refractivity (Wildman–Crippen MR) is 149 cm³/mol. The molecule has 3 heterocycles. The number of carbonyl (C=O) groups excluding carboxylic acids is 1. The van der Waals surface area contributed by atoms with Crippen LogP contribution in [-0.4, -0.2) is 40.4 Å². The Labute approximate surface area is 222 Å². The summed E-state index contributed by atoms with van der Waals surface area (Å²) in [6, 6.07) is 19.0. The maximum absolute atomic E-state index is 12.6. The quantitative estimate of drug-likeness (QED) is 0.320. The number of aromatic nitrogens is 3. The predicted octanol–water partition coefficient (Wildman–Crippen LogP) is 6.18. The van der Waals surface area contributed by atoms with Gasteiger partial charge in [-0.05, 0) is 56.7 Å². The second kappa shape index (κ2) is 11.0. The van der Waals surface area contributed by atoms with E-state index in [2.05, 4.69) is 79.3 Å². The van der Waals surface area contributed by atoms with E-state index in [1.807, 2.05) is 17.6 Å². The van der Waals surface area contributed by atoms with Crippen LogP contribution >= 0.6 is 11.3 Å². The minimum atomic E-state index is -0.208. The second-order valence-corrected chi connectivity index (χ2v) is 11.5. The van der Waals surface area contributed by atoms with Crippen LogP contribution in [0, 0.1) is 5.92 Å². The molecule has 37 heavy (non-hydrogen) atoms. The average Bonchev–Trinajstić information content (AvgIpc) is 3.56. The number of rotatable bonds is 7. The molecule has 1 aliphatic rings. The molecule has 0 atom stereocenters. The van der Waals surface area contributed by atoms with Crippen LogP contribution in [0.2, 0.25) is 0 Å². The van der Waals surface area contributed by atoms with Crippen molar-refractivity contribution < 1.29 is 9.53 Å². The first-order chi connectivity index (χ1) is 17.9. The van der Waals surface area contributed by atoms with E-state index in [-0.39, 0.29) is 17.9 Å². The summed E-state index contributed by atoms with van der Waals surface area (Å²) in [6.07, 6.45) is 4.20. The molecule has 1 N–H and O–H groups in total. The summed E-state index contributed by atoms with van der Waals surface area (Å²) < 4.78 is 7.49. The first kappa shape index (κ1) is 25.4. The molecule has 0 bridgehead atoms. The van der Waals surface area contributed by atoms with Gasteiger partial charge >= 0.3 is 0 Å². The van der Waals surface area contributed by atoms with Gasteiger partial charge in [-0.2, -0.15) is 5.10 Å². The maximum atomic E-state index is 12.6. The molecule has 0 radical (unpaired) electrons. The number of thiazole rings is 1. The minimum absolute atomic E-state index is 0.0181. The molecule has 1 aliphatic heterocycles. The highest BCUT2D eigenvalue weighted by Crippen LogP contribution is 2.38. The van der Waals surface area contributed by atoms with Gasteiger partial charge in [-0.3, -0.25) is 9.48 Å². The zero-order valence-corrected chi connectivity index (χ0v) is 22.6. The van der Waals surface area contributed by atoms with Gasteiger partial charge in [0.15, 0.2) is 0 Å².